The zero-order chi connectivity index (χ0) is 22.7. The molecule has 5 heteroatoms. The Morgan fingerprint density at radius 1 is 0.812 bits per heavy atom. The summed E-state index contributed by atoms with van der Waals surface area (Å²) in [6, 6.07) is 26.6. The summed E-state index contributed by atoms with van der Waals surface area (Å²) in [6.07, 6.45) is 0. The van der Waals surface area contributed by atoms with Crippen LogP contribution in [0.3, 0.4) is 0 Å². The van der Waals surface area contributed by atoms with E-state index in [1.54, 1.807) is 0 Å². The highest BCUT2D eigenvalue weighted by atomic mass is 16.2. The molecule has 0 saturated carbocycles. The maximum atomic E-state index is 13.3. The zero-order valence-corrected chi connectivity index (χ0v) is 18.3. The van der Waals surface area contributed by atoms with Crippen molar-refractivity contribution in [2.45, 2.75) is 26.2 Å². The molecule has 0 aliphatic rings. The number of hydrogen-bond acceptors (Lipinski definition) is 3. The first-order valence-electron chi connectivity index (χ1n) is 10.5. The Morgan fingerprint density at radius 3 is 1.94 bits per heavy atom. The second-order valence-corrected chi connectivity index (χ2v) is 8.66. The maximum Gasteiger partial charge on any atom is 0.277 e. The van der Waals surface area contributed by atoms with Crippen LogP contribution in [0.5, 0.6) is 0 Å². The minimum atomic E-state index is -0.535. The van der Waals surface area contributed by atoms with Gasteiger partial charge < -0.3 is 5.32 Å². The van der Waals surface area contributed by atoms with Crippen LogP contribution in [0.2, 0.25) is 0 Å². The molecule has 1 heterocycles. The van der Waals surface area contributed by atoms with Crippen LogP contribution < -0.4 is 10.9 Å². The monoisotopic (exact) mass is 423 g/mol. The lowest BCUT2D eigenvalue weighted by Gasteiger charge is -2.19. The molecule has 0 fully saturated rings. The van der Waals surface area contributed by atoms with Gasteiger partial charge in [-0.05, 0) is 28.7 Å². The van der Waals surface area contributed by atoms with Crippen molar-refractivity contribution in [1.82, 2.24) is 10.2 Å². The fraction of sp³-hybridized carbons (Fsp3) is 0.148. The van der Waals surface area contributed by atoms with Gasteiger partial charge in [-0.15, -0.1) is 0 Å². The third kappa shape index (κ3) is 4.37. The van der Waals surface area contributed by atoms with E-state index in [9.17, 15) is 9.59 Å². The number of nitrogens with zero attached hydrogens (tertiary/aromatic N) is 1. The van der Waals surface area contributed by atoms with Gasteiger partial charge in [-0.1, -0.05) is 93.6 Å². The number of anilines is 1. The molecular formula is C27H25N3O2. The molecule has 2 N–H and O–H groups in total. The molecular weight excluding hydrogens is 398 g/mol. The van der Waals surface area contributed by atoms with Gasteiger partial charge >= 0.3 is 0 Å². The lowest BCUT2D eigenvalue weighted by Crippen LogP contribution is -2.26. The first-order chi connectivity index (χ1) is 15.3. The van der Waals surface area contributed by atoms with E-state index in [0.29, 0.717) is 16.9 Å². The molecule has 0 aliphatic heterocycles. The van der Waals surface area contributed by atoms with Crippen LogP contribution in [0, 0.1) is 0 Å². The quantitative estimate of drug-likeness (QED) is 0.445. The minimum Gasteiger partial charge on any atom is -0.322 e. The number of H-pyrrole nitrogens is 1. The normalized spacial score (nSPS) is 11.2. The Morgan fingerprint density at radius 2 is 1.38 bits per heavy atom. The summed E-state index contributed by atoms with van der Waals surface area (Å²) in [5, 5.41) is 9.68. The highest BCUT2D eigenvalue weighted by molar-refractivity contribution is 6.10. The molecule has 0 radical (unpaired) electrons. The molecule has 0 aliphatic carbocycles. The topological polar surface area (TPSA) is 74.8 Å². The van der Waals surface area contributed by atoms with Crippen LogP contribution in [-0.2, 0) is 5.41 Å². The fourth-order valence-electron chi connectivity index (χ4n) is 3.60. The van der Waals surface area contributed by atoms with E-state index in [2.05, 4.69) is 36.3 Å². The summed E-state index contributed by atoms with van der Waals surface area (Å²) < 4.78 is 0. The van der Waals surface area contributed by atoms with Gasteiger partial charge in [0, 0.05) is 16.8 Å². The predicted molar refractivity (Wildman–Crippen MR) is 129 cm³/mol. The number of amides is 1. The van der Waals surface area contributed by atoms with Crippen LogP contribution >= 0.6 is 0 Å². The lowest BCUT2D eigenvalue weighted by atomic mass is 9.87. The van der Waals surface area contributed by atoms with Gasteiger partial charge in [0.1, 0.15) is 5.56 Å². The lowest BCUT2D eigenvalue weighted by molar-refractivity contribution is 0.102. The van der Waals surface area contributed by atoms with E-state index in [1.807, 2.05) is 84.9 Å². The average molecular weight is 424 g/mol. The Bertz CT molecular complexity index is 1290. The number of benzene rings is 3. The van der Waals surface area contributed by atoms with Crippen molar-refractivity contribution in [3.8, 4) is 22.4 Å². The van der Waals surface area contributed by atoms with Gasteiger partial charge in [0.05, 0.1) is 5.69 Å². The number of carbonyl (C=O) groups excluding carboxylic acids is 1. The standard InChI is InChI=1S/C27H25N3O2/c1-27(2,3)20-14-16-21(17-15-20)28-25(31)23-22(18-10-6-4-7-11-18)24(29-30-26(23)32)19-12-8-5-9-13-19/h4-17H,1-3H3,(H,28,31)(H,30,32). The second kappa shape index (κ2) is 8.63. The third-order valence-electron chi connectivity index (χ3n) is 5.33. The van der Waals surface area contributed by atoms with Crippen molar-refractivity contribution in [3.63, 3.8) is 0 Å². The Balaban J connectivity index is 1.81. The summed E-state index contributed by atoms with van der Waals surface area (Å²) in [6.45, 7) is 6.40. The van der Waals surface area contributed by atoms with Gasteiger partial charge in [0.15, 0.2) is 0 Å². The summed E-state index contributed by atoms with van der Waals surface area (Å²) >= 11 is 0. The number of carbonyl (C=O) groups is 1. The first-order valence-corrected chi connectivity index (χ1v) is 10.5. The Hall–Kier alpha value is -3.99. The van der Waals surface area contributed by atoms with Crippen molar-refractivity contribution in [2.75, 3.05) is 5.32 Å². The van der Waals surface area contributed by atoms with Crippen molar-refractivity contribution >= 4 is 11.6 Å². The number of rotatable bonds is 4. The van der Waals surface area contributed by atoms with E-state index in [4.69, 9.17) is 0 Å². The van der Waals surface area contributed by atoms with E-state index < -0.39 is 11.5 Å². The second-order valence-electron chi connectivity index (χ2n) is 8.66. The van der Waals surface area contributed by atoms with Gasteiger partial charge in [-0.3, -0.25) is 9.59 Å². The van der Waals surface area contributed by atoms with Crippen molar-refractivity contribution in [2.24, 2.45) is 0 Å². The molecule has 0 saturated heterocycles. The minimum absolute atomic E-state index is 0.00977. The average Bonchev–Trinajstić information content (AvgIpc) is 2.79. The molecule has 0 unspecified atom stereocenters. The summed E-state index contributed by atoms with van der Waals surface area (Å²) in [5.74, 6) is -0.479. The molecule has 4 rings (SSSR count). The predicted octanol–water partition coefficient (Wildman–Crippen LogP) is 5.65. The van der Waals surface area contributed by atoms with E-state index in [-0.39, 0.29) is 11.0 Å². The number of aromatic amines is 1. The molecule has 3 aromatic carbocycles. The molecule has 1 amide bonds. The number of nitrogens with one attached hydrogen (secondary N) is 2. The van der Waals surface area contributed by atoms with Crippen LogP contribution in [0.4, 0.5) is 5.69 Å². The molecule has 0 bridgehead atoms. The molecule has 5 nitrogen and oxygen atoms in total. The number of aromatic nitrogens is 2. The highest BCUT2D eigenvalue weighted by Gasteiger charge is 2.23. The van der Waals surface area contributed by atoms with E-state index in [0.717, 1.165) is 16.7 Å². The van der Waals surface area contributed by atoms with Crippen LogP contribution in [0.1, 0.15) is 36.7 Å². The smallest absolute Gasteiger partial charge is 0.277 e. The van der Waals surface area contributed by atoms with E-state index >= 15 is 0 Å². The van der Waals surface area contributed by atoms with Gasteiger partial charge in [-0.2, -0.15) is 5.10 Å². The first kappa shape index (κ1) is 21.2. The number of hydrogen-bond donors (Lipinski definition) is 2. The molecule has 32 heavy (non-hydrogen) atoms. The van der Waals surface area contributed by atoms with Crippen molar-refractivity contribution in [3.05, 3.63) is 106 Å². The molecule has 1 aromatic heterocycles. The van der Waals surface area contributed by atoms with Gasteiger partial charge in [0.25, 0.3) is 11.5 Å². The van der Waals surface area contributed by atoms with E-state index in [1.165, 1.54) is 0 Å². The molecule has 0 spiro atoms. The zero-order valence-electron chi connectivity index (χ0n) is 18.3. The van der Waals surface area contributed by atoms with Crippen molar-refractivity contribution < 1.29 is 4.79 Å². The molecule has 4 aromatic rings. The van der Waals surface area contributed by atoms with Gasteiger partial charge in [0.2, 0.25) is 0 Å². The molecule has 0 atom stereocenters. The third-order valence-corrected chi connectivity index (χ3v) is 5.33. The fourth-order valence-corrected chi connectivity index (χ4v) is 3.60. The Kier molecular flexibility index (Phi) is 5.73. The van der Waals surface area contributed by atoms with Crippen molar-refractivity contribution in [1.29, 1.82) is 0 Å². The van der Waals surface area contributed by atoms with Crippen LogP contribution in [-0.4, -0.2) is 16.1 Å². The SMILES string of the molecule is CC(C)(C)c1ccc(NC(=O)c2c(-c3ccccc3)c(-c3ccccc3)n[nH]c2=O)cc1. The van der Waals surface area contributed by atoms with Crippen LogP contribution in [0.25, 0.3) is 22.4 Å². The Labute approximate surface area is 187 Å². The summed E-state index contributed by atoms with van der Waals surface area (Å²) in [4.78, 5) is 26.2. The van der Waals surface area contributed by atoms with Crippen LogP contribution in [0.15, 0.2) is 89.7 Å². The van der Waals surface area contributed by atoms with Gasteiger partial charge in [-0.25, -0.2) is 5.10 Å². The highest BCUT2D eigenvalue weighted by Crippen LogP contribution is 2.32. The maximum absolute atomic E-state index is 13.3. The summed E-state index contributed by atoms with van der Waals surface area (Å²) in [7, 11) is 0. The largest absolute Gasteiger partial charge is 0.322 e. The summed E-state index contributed by atoms with van der Waals surface area (Å²) in [5.41, 5.74) is 3.90. The molecule has 160 valence electrons.